The number of aryl methyl sites for hydroxylation is 3. The Morgan fingerprint density at radius 3 is 2.52 bits per heavy atom. The third-order valence-electron chi connectivity index (χ3n) is 5.39. The first-order chi connectivity index (χ1) is 13.0. The predicted octanol–water partition coefficient (Wildman–Crippen LogP) is 3.47. The van der Waals surface area contributed by atoms with E-state index in [-0.39, 0.29) is 0 Å². The molecule has 0 radical (unpaired) electrons. The summed E-state index contributed by atoms with van der Waals surface area (Å²) in [5, 5.41) is 4.28. The van der Waals surface area contributed by atoms with Crippen LogP contribution < -0.4 is 10.2 Å². The Kier molecular flexibility index (Phi) is 6.91. The van der Waals surface area contributed by atoms with E-state index in [2.05, 4.69) is 43.1 Å². The second-order valence-electron chi connectivity index (χ2n) is 7.77. The summed E-state index contributed by atoms with van der Waals surface area (Å²) in [7, 11) is 0. The number of thiocarbonyl (C=S) groups is 1. The van der Waals surface area contributed by atoms with Gasteiger partial charge in [0.2, 0.25) is 0 Å². The summed E-state index contributed by atoms with van der Waals surface area (Å²) in [6, 6.07) is 8.35. The van der Waals surface area contributed by atoms with Crippen LogP contribution in [0.15, 0.2) is 34.9 Å². The van der Waals surface area contributed by atoms with Gasteiger partial charge in [-0.15, -0.1) is 0 Å². The highest BCUT2D eigenvalue weighted by Crippen LogP contribution is 2.22. The lowest BCUT2D eigenvalue weighted by Gasteiger charge is -2.27. The van der Waals surface area contributed by atoms with Crippen LogP contribution in [-0.4, -0.2) is 36.2 Å². The Morgan fingerprint density at radius 1 is 1.19 bits per heavy atom. The van der Waals surface area contributed by atoms with Crippen LogP contribution >= 0.6 is 12.2 Å². The second kappa shape index (κ2) is 9.38. The second-order valence-corrected chi connectivity index (χ2v) is 8.15. The van der Waals surface area contributed by atoms with Gasteiger partial charge in [-0.25, -0.2) is 0 Å². The Balaban J connectivity index is 1.66. The summed E-state index contributed by atoms with van der Waals surface area (Å²) in [6.45, 7) is 11.9. The highest BCUT2D eigenvalue weighted by atomic mass is 32.1. The molecule has 1 saturated heterocycles. The van der Waals surface area contributed by atoms with Crippen LogP contribution in [0.5, 0.6) is 0 Å². The number of quaternary nitrogens is 1. The maximum atomic E-state index is 5.80. The van der Waals surface area contributed by atoms with Crippen molar-refractivity contribution in [3.63, 3.8) is 0 Å². The number of hydrogen-bond donors (Lipinski definition) is 2. The van der Waals surface area contributed by atoms with Gasteiger partial charge in [0.05, 0.1) is 32.4 Å². The summed E-state index contributed by atoms with van der Waals surface area (Å²) in [4.78, 5) is 3.97. The minimum atomic E-state index is 0.706. The van der Waals surface area contributed by atoms with Gasteiger partial charge in [0.1, 0.15) is 5.76 Å². The van der Waals surface area contributed by atoms with Crippen LogP contribution in [0.4, 0.5) is 5.69 Å². The summed E-state index contributed by atoms with van der Waals surface area (Å²) in [5.74, 6) is 0.949. The molecule has 0 amide bonds. The molecule has 0 unspecified atom stereocenters. The van der Waals surface area contributed by atoms with Crippen molar-refractivity contribution >= 4 is 23.0 Å². The summed E-state index contributed by atoms with van der Waals surface area (Å²) in [6.07, 6.45) is 5.62. The average molecular weight is 387 g/mol. The number of nitrogens with zero attached hydrogens (tertiary/aromatic N) is 1. The number of rotatable bonds is 7. The smallest absolute Gasteiger partial charge is 0.173 e. The molecule has 2 aromatic rings. The monoisotopic (exact) mass is 386 g/mol. The maximum Gasteiger partial charge on any atom is 0.173 e. The lowest BCUT2D eigenvalue weighted by Crippen LogP contribution is -3.10. The van der Waals surface area contributed by atoms with Gasteiger partial charge in [0.15, 0.2) is 5.11 Å². The van der Waals surface area contributed by atoms with Crippen molar-refractivity contribution in [1.29, 1.82) is 0 Å². The van der Waals surface area contributed by atoms with Crippen molar-refractivity contribution < 1.29 is 9.32 Å². The number of nitrogens with one attached hydrogen (secondary N) is 2. The molecule has 0 bridgehead atoms. The van der Waals surface area contributed by atoms with E-state index in [0.717, 1.165) is 29.5 Å². The minimum Gasteiger partial charge on any atom is -0.467 e. The zero-order valence-corrected chi connectivity index (χ0v) is 17.6. The molecule has 2 N–H and O–H groups in total. The van der Waals surface area contributed by atoms with Crippen LogP contribution in [0, 0.1) is 20.8 Å². The van der Waals surface area contributed by atoms with Gasteiger partial charge in [0.25, 0.3) is 0 Å². The molecule has 4 nitrogen and oxygen atoms in total. The number of hydrogen-bond acceptors (Lipinski definition) is 2. The SMILES string of the molecule is Cc1cc(C)c(NC(=S)N(CCC[NH+]2CCCC2)Cc2ccco2)c(C)c1. The molecule has 1 aliphatic rings. The fraction of sp³-hybridized carbons (Fsp3) is 0.500. The molecular formula is C22H32N3OS+. The van der Waals surface area contributed by atoms with Gasteiger partial charge in [-0.3, -0.25) is 0 Å². The molecule has 1 aromatic carbocycles. The summed E-state index contributed by atoms with van der Waals surface area (Å²) in [5.41, 5.74) is 4.87. The number of likely N-dealkylation sites (tertiary alicyclic amines) is 1. The zero-order chi connectivity index (χ0) is 19.2. The first-order valence-corrected chi connectivity index (χ1v) is 10.4. The highest BCUT2D eigenvalue weighted by molar-refractivity contribution is 7.80. The third kappa shape index (κ3) is 5.56. The molecule has 1 aliphatic heterocycles. The lowest BCUT2D eigenvalue weighted by molar-refractivity contribution is -0.887. The molecule has 0 saturated carbocycles. The van der Waals surface area contributed by atoms with Crippen molar-refractivity contribution in [2.24, 2.45) is 0 Å². The molecule has 1 aromatic heterocycles. The van der Waals surface area contributed by atoms with E-state index in [1.54, 1.807) is 11.2 Å². The summed E-state index contributed by atoms with van der Waals surface area (Å²) >= 11 is 5.80. The minimum absolute atomic E-state index is 0.706. The molecule has 0 aliphatic carbocycles. The Morgan fingerprint density at radius 2 is 1.89 bits per heavy atom. The van der Waals surface area contributed by atoms with Crippen LogP contribution in [0.2, 0.25) is 0 Å². The molecule has 5 heteroatoms. The van der Waals surface area contributed by atoms with Gasteiger partial charge in [-0.1, -0.05) is 17.7 Å². The van der Waals surface area contributed by atoms with Crippen molar-refractivity contribution in [3.8, 4) is 0 Å². The van der Waals surface area contributed by atoms with Crippen molar-refractivity contribution in [1.82, 2.24) is 4.90 Å². The fourth-order valence-electron chi connectivity index (χ4n) is 4.05. The van der Waals surface area contributed by atoms with Gasteiger partial charge >= 0.3 is 0 Å². The van der Waals surface area contributed by atoms with Gasteiger partial charge < -0.3 is 19.5 Å². The zero-order valence-electron chi connectivity index (χ0n) is 16.8. The highest BCUT2D eigenvalue weighted by Gasteiger charge is 2.18. The topological polar surface area (TPSA) is 32.9 Å². The van der Waals surface area contributed by atoms with Crippen molar-refractivity contribution in [2.75, 3.05) is 31.5 Å². The first-order valence-electron chi connectivity index (χ1n) is 10.0. The van der Waals surface area contributed by atoms with Crippen LogP contribution in [0.1, 0.15) is 41.7 Å². The first kappa shape index (κ1) is 19.9. The average Bonchev–Trinajstić information content (AvgIpc) is 3.30. The number of benzene rings is 1. The van der Waals surface area contributed by atoms with E-state index in [4.69, 9.17) is 16.6 Å². The molecular weight excluding hydrogens is 354 g/mol. The van der Waals surface area contributed by atoms with Gasteiger partial charge in [-0.05, 0) is 56.2 Å². The predicted molar refractivity (Wildman–Crippen MR) is 115 cm³/mol. The van der Waals surface area contributed by atoms with Crippen LogP contribution in [0.25, 0.3) is 0 Å². The normalized spacial score (nSPS) is 14.5. The Hall–Kier alpha value is -1.85. The lowest BCUT2D eigenvalue weighted by atomic mass is 10.1. The number of anilines is 1. The maximum absolute atomic E-state index is 5.80. The molecule has 0 atom stereocenters. The summed E-state index contributed by atoms with van der Waals surface area (Å²) < 4.78 is 5.57. The van der Waals surface area contributed by atoms with Crippen molar-refractivity contribution in [3.05, 3.63) is 53.0 Å². The quantitative estimate of drug-likeness (QED) is 0.714. The van der Waals surface area contributed by atoms with Gasteiger partial charge in [0, 0.05) is 31.5 Å². The molecule has 0 spiro atoms. The van der Waals surface area contributed by atoms with Crippen LogP contribution in [-0.2, 0) is 6.54 Å². The van der Waals surface area contributed by atoms with Gasteiger partial charge in [-0.2, -0.15) is 0 Å². The van der Waals surface area contributed by atoms with E-state index in [1.807, 2.05) is 12.1 Å². The Bertz CT molecular complexity index is 728. The van der Waals surface area contributed by atoms with E-state index < -0.39 is 0 Å². The molecule has 27 heavy (non-hydrogen) atoms. The fourth-order valence-corrected chi connectivity index (χ4v) is 4.31. The van der Waals surface area contributed by atoms with E-state index in [9.17, 15) is 0 Å². The van der Waals surface area contributed by atoms with E-state index >= 15 is 0 Å². The van der Waals surface area contributed by atoms with Crippen molar-refractivity contribution in [2.45, 2.75) is 46.6 Å². The largest absolute Gasteiger partial charge is 0.467 e. The molecule has 2 heterocycles. The molecule has 146 valence electrons. The molecule has 3 rings (SSSR count). The Labute approximate surface area is 168 Å². The third-order valence-corrected chi connectivity index (χ3v) is 5.75. The standard InChI is InChI=1S/C22H31N3OS/c1-17-14-18(2)21(19(3)15-17)23-22(27)25(16-20-8-6-13-26-20)12-7-11-24-9-4-5-10-24/h6,8,13-15H,4-5,7,9-12,16H2,1-3H3,(H,23,27)/p+1. The van der Waals surface area contributed by atoms with E-state index in [0.29, 0.717) is 6.54 Å². The van der Waals surface area contributed by atoms with Crippen LogP contribution in [0.3, 0.4) is 0 Å². The van der Waals surface area contributed by atoms with E-state index in [1.165, 1.54) is 49.2 Å². The molecule has 1 fully saturated rings. The number of furan rings is 1.